The van der Waals surface area contributed by atoms with Crippen molar-refractivity contribution in [2.24, 2.45) is 0 Å². The molecule has 0 spiro atoms. The van der Waals surface area contributed by atoms with Gasteiger partial charge in [-0.05, 0) is 53.9 Å². The number of rotatable bonds is 6. The fourth-order valence-corrected chi connectivity index (χ4v) is 5.28. The van der Waals surface area contributed by atoms with Crippen molar-refractivity contribution in [2.45, 2.75) is 0 Å². The van der Waals surface area contributed by atoms with E-state index in [1.54, 1.807) is 72.7 Å². The van der Waals surface area contributed by atoms with Gasteiger partial charge in [0, 0.05) is 55.9 Å². The summed E-state index contributed by atoms with van der Waals surface area (Å²) in [4.78, 5) is 43.2. The van der Waals surface area contributed by atoms with E-state index < -0.39 is 0 Å². The van der Waals surface area contributed by atoms with E-state index in [2.05, 4.69) is 31.9 Å². The maximum atomic E-state index is 13.6. The second kappa shape index (κ2) is 9.87. The first-order chi connectivity index (χ1) is 17.4. The van der Waals surface area contributed by atoms with Crippen LogP contribution in [0.5, 0.6) is 5.75 Å². The monoisotopic (exact) mass is 606 g/mol. The van der Waals surface area contributed by atoms with Crippen molar-refractivity contribution in [1.82, 2.24) is 4.90 Å². The molecule has 1 heterocycles. The Bertz CT molecular complexity index is 1510. The number of hydrogen-bond donors (Lipinski definition) is 0. The Morgan fingerprint density at radius 3 is 2.36 bits per heavy atom. The average molecular weight is 608 g/mol. The third-order valence-corrected chi connectivity index (χ3v) is 7.35. The molecule has 0 saturated carbocycles. The quantitative estimate of drug-likeness (QED) is 0.241. The molecule has 1 aliphatic rings. The van der Waals surface area contributed by atoms with Crippen LogP contribution in [0.1, 0.15) is 31.1 Å². The first kappa shape index (κ1) is 24.2. The molecule has 0 saturated heterocycles. The van der Waals surface area contributed by atoms with E-state index in [4.69, 9.17) is 4.74 Å². The number of benzene rings is 4. The number of nitrogens with zero attached hydrogens (tertiary/aromatic N) is 2. The van der Waals surface area contributed by atoms with Gasteiger partial charge in [-0.2, -0.15) is 0 Å². The van der Waals surface area contributed by atoms with Crippen molar-refractivity contribution in [1.29, 1.82) is 0 Å². The zero-order valence-electron chi connectivity index (χ0n) is 19.2. The van der Waals surface area contributed by atoms with Gasteiger partial charge in [0.1, 0.15) is 5.75 Å². The van der Waals surface area contributed by atoms with Crippen LogP contribution in [0.25, 0.3) is 10.8 Å². The summed E-state index contributed by atoms with van der Waals surface area (Å²) in [5.74, 6) is -0.419. The van der Waals surface area contributed by atoms with Crippen molar-refractivity contribution in [3.05, 3.63) is 104 Å². The number of imide groups is 1. The SMILES string of the molecule is COc1cccc(N(CCN2C(=O)c3cccc4c(Br)ccc(c34)C2=O)C(=O)c2cccc(Br)c2)c1. The van der Waals surface area contributed by atoms with E-state index in [-0.39, 0.29) is 30.8 Å². The second-order valence-electron chi connectivity index (χ2n) is 8.25. The Morgan fingerprint density at radius 1 is 0.889 bits per heavy atom. The zero-order chi connectivity index (χ0) is 25.4. The van der Waals surface area contributed by atoms with Crippen LogP contribution in [0.4, 0.5) is 5.69 Å². The fraction of sp³-hybridized carbons (Fsp3) is 0.107. The van der Waals surface area contributed by atoms with Gasteiger partial charge >= 0.3 is 0 Å². The highest BCUT2D eigenvalue weighted by atomic mass is 79.9. The van der Waals surface area contributed by atoms with Crippen LogP contribution >= 0.6 is 31.9 Å². The Morgan fingerprint density at radius 2 is 1.61 bits per heavy atom. The van der Waals surface area contributed by atoms with Crippen LogP contribution in [0.2, 0.25) is 0 Å². The lowest BCUT2D eigenvalue weighted by Crippen LogP contribution is -2.46. The van der Waals surface area contributed by atoms with Crippen molar-refractivity contribution >= 4 is 66.0 Å². The molecule has 6 nitrogen and oxygen atoms in total. The summed E-state index contributed by atoms with van der Waals surface area (Å²) in [5.41, 5.74) is 2.01. The maximum Gasteiger partial charge on any atom is 0.261 e. The highest BCUT2D eigenvalue weighted by Gasteiger charge is 2.34. The third-order valence-electron chi connectivity index (χ3n) is 6.17. The molecule has 1 aliphatic heterocycles. The van der Waals surface area contributed by atoms with Crippen molar-refractivity contribution in [3.63, 3.8) is 0 Å². The van der Waals surface area contributed by atoms with Gasteiger partial charge in [-0.25, -0.2) is 0 Å². The van der Waals surface area contributed by atoms with Gasteiger partial charge in [-0.1, -0.05) is 56.1 Å². The smallest absolute Gasteiger partial charge is 0.261 e. The van der Waals surface area contributed by atoms with E-state index in [9.17, 15) is 14.4 Å². The van der Waals surface area contributed by atoms with Gasteiger partial charge in [0.15, 0.2) is 0 Å². The number of halogens is 2. The minimum Gasteiger partial charge on any atom is -0.497 e. The predicted octanol–water partition coefficient (Wildman–Crippen LogP) is 6.32. The van der Waals surface area contributed by atoms with Crippen LogP contribution in [-0.2, 0) is 0 Å². The van der Waals surface area contributed by atoms with Gasteiger partial charge in [-0.15, -0.1) is 0 Å². The molecule has 0 radical (unpaired) electrons. The highest BCUT2D eigenvalue weighted by Crippen LogP contribution is 2.34. The van der Waals surface area contributed by atoms with Crippen LogP contribution in [0, 0.1) is 0 Å². The molecule has 0 unspecified atom stereocenters. The van der Waals surface area contributed by atoms with E-state index in [0.29, 0.717) is 33.5 Å². The highest BCUT2D eigenvalue weighted by molar-refractivity contribution is 9.11. The van der Waals surface area contributed by atoms with E-state index in [0.717, 1.165) is 14.3 Å². The average Bonchev–Trinajstić information content (AvgIpc) is 2.89. The molecular weight excluding hydrogens is 588 g/mol. The standard InChI is InChI=1S/C28H20Br2N2O4/c1-36-20-8-3-7-19(16-20)31(26(33)17-5-2-6-18(29)15-17)13-14-32-27(34)22-10-4-9-21-24(30)12-11-23(25(21)22)28(32)35/h2-12,15-16H,13-14H2,1H3. The van der Waals surface area contributed by atoms with Gasteiger partial charge in [0.2, 0.25) is 0 Å². The van der Waals surface area contributed by atoms with E-state index >= 15 is 0 Å². The molecular formula is C28H20Br2N2O4. The summed E-state index contributed by atoms with van der Waals surface area (Å²) in [6.45, 7) is 0.137. The lowest BCUT2D eigenvalue weighted by Gasteiger charge is -2.30. The number of hydrogen-bond acceptors (Lipinski definition) is 4. The molecule has 3 amide bonds. The first-order valence-corrected chi connectivity index (χ1v) is 12.8. The van der Waals surface area contributed by atoms with Gasteiger partial charge in [-0.3, -0.25) is 19.3 Å². The summed E-state index contributed by atoms with van der Waals surface area (Å²) >= 11 is 6.93. The second-order valence-corrected chi connectivity index (χ2v) is 10.0. The first-order valence-electron chi connectivity index (χ1n) is 11.2. The van der Waals surface area contributed by atoms with Gasteiger partial charge in [0.05, 0.1) is 7.11 Å². The maximum absolute atomic E-state index is 13.6. The van der Waals surface area contributed by atoms with E-state index in [1.807, 2.05) is 18.2 Å². The van der Waals surface area contributed by atoms with Gasteiger partial charge < -0.3 is 9.64 Å². The number of methoxy groups -OCH3 is 1. The lowest BCUT2D eigenvalue weighted by atomic mass is 9.94. The molecule has 0 fully saturated rings. The summed E-state index contributed by atoms with van der Waals surface area (Å²) in [6, 6.07) is 23.2. The van der Waals surface area contributed by atoms with Crippen LogP contribution in [-0.4, -0.2) is 42.8 Å². The molecule has 8 heteroatoms. The summed E-state index contributed by atoms with van der Waals surface area (Å²) in [6.07, 6.45) is 0. The van der Waals surface area contributed by atoms with Crippen molar-refractivity contribution in [3.8, 4) is 5.75 Å². The van der Waals surface area contributed by atoms with Crippen molar-refractivity contribution < 1.29 is 19.1 Å². The summed E-state index contributed by atoms with van der Waals surface area (Å²) in [5, 5.41) is 1.46. The summed E-state index contributed by atoms with van der Waals surface area (Å²) < 4.78 is 6.95. The number of anilines is 1. The minimum atomic E-state index is -0.378. The molecule has 0 aliphatic carbocycles. The molecule has 4 aromatic carbocycles. The number of amides is 3. The Hall–Kier alpha value is -3.49. The Kier molecular flexibility index (Phi) is 6.64. The topological polar surface area (TPSA) is 66.9 Å². The van der Waals surface area contributed by atoms with Crippen LogP contribution in [0.3, 0.4) is 0 Å². The minimum absolute atomic E-state index is 0.0283. The molecule has 0 atom stereocenters. The third kappa shape index (κ3) is 4.31. The molecule has 36 heavy (non-hydrogen) atoms. The molecule has 0 bridgehead atoms. The van der Waals surface area contributed by atoms with Crippen LogP contribution < -0.4 is 9.64 Å². The van der Waals surface area contributed by atoms with Crippen LogP contribution in [0.15, 0.2) is 87.8 Å². The van der Waals surface area contributed by atoms with E-state index in [1.165, 1.54) is 4.90 Å². The predicted molar refractivity (Wildman–Crippen MR) is 146 cm³/mol. The molecule has 5 rings (SSSR count). The molecule has 4 aromatic rings. The zero-order valence-corrected chi connectivity index (χ0v) is 22.4. The molecule has 0 aromatic heterocycles. The lowest BCUT2D eigenvalue weighted by molar-refractivity contribution is 0.0611. The normalized spacial score (nSPS) is 12.7. The van der Waals surface area contributed by atoms with Gasteiger partial charge in [0.25, 0.3) is 17.7 Å². The summed E-state index contributed by atoms with van der Waals surface area (Å²) in [7, 11) is 1.56. The fourth-order valence-electron chi connectivity index (χ4n) is 4.42. The Balaban J connectivity index is 1.49. The Labute approximate surface area is 224 Å². The number of carbonyl (C=O) groups excluding carboxylic acids is 3. The number of ether oxygens (including phenoxy) is 1. The van der Waals surface area contributed by atoms with Crippen molar-refractivity contribution in [2.75, 3.05) is 25.1 Å². The molecule has 0 N–H and O–H groups in total. The number of carbonyl (C=O) groups is 3. The largest absolute Gasteiger partial charge is 0.497 e. The molecule has 180 valence electrons.